The zero-order valence-electron chi connectivity index (χ0n) is 13.0. The van der Waals surface area contributed by atoms with Crippen molar-refractivity contribution in [2.75, 3.05) is 6.61 Å². The van der Waals surface area contributed by atoms with E-state index in [1.807, 2.05) is 0 Å². The molecule has 0 radical (unpaired) electrons. The Labute approximate surface area is 144 Å². The van der Waals surface area contributed by atoms with Gasteiger partial charge in [0.15, 0.2) is 11.3 Å². The summed E-state index contributed by atoms with van der Waals surface area (Å²) in [6.45, 7) is -0.701. The molecule has 1 aromatic carbocycles. The van der Waals surface area contributed by atoms with Crippen LogP contribution in [0.3, 0.4) is 0 Å². The molecule has 0 amide bonds. The van der Waals surface area contributed by atoms with E-state index in [-0.39, 0.29) is 5.39 Å². The van der Waals surface area contributed by atoms with Crippen molar-refractivity contribution in [3.63, 3.8) is 0 Å². The molecule has 0 spiro atoms. The predicted molar refractivity (Wildman–Crippen MR) is 81.9 cm³/mol. The maximum Gasteiger partial charge on any atom is 0.336 e. The van der Waals surface area contributed by atoms with E-state index in [0.29, 0.717) is 0 Å². The van der Waals surface area contributed by atoms with E-state index in [1.165, 1.54) is 0 Å². The molecule has 2 aromatic rings. The highest BCUT2D eigenvalue weighted by atomic mass is 16.7. The summed E-state index contributed by atoms with van der Waals surface area (Å²) >= 11 is 0. The maximum absolute atomic E-state index is 11.3. The fourth-order valence-electron chi connectivity index (χ4n) is 2.63. The van der Waals surface area contributed by atoms with Crippen LogP contribution in [0, 0.1) is 0 Å². The van der Waals surface area contributed by atoms with Crippen molar-refractivity contribution >= 4 is 11.0 Å². The van der Waals surface area contributed by atoms with Crippen molar-refractivity contribution in [3.8, 4) is 23.0 Å². The van der Waals surface area contributed by atoms with Gasteiger partial charge in [0.25, 0.3) is 0 Å². The Balaban J connectivity index is 2.07. The van der Waals surface area contributed by atoms with E-state index in [9.17, 15) is 40.5 Å². The summed E-state index contributed by atoms with van der Waals surface area (Å²) in [6.07, 6.45) is -8.07. The molecule has 3 rings (SSSR count). The second-order valence-electron chi connectivity index (χ2n) is 5.69. The van der Waals surface area contributed by atoms with Crippen molar-refractivity contribution in [2.24, 2.45) is 0 Å². The number of ether oxygens (including phenoxy) is 2. The second-order valence-corrected chi connectivity index (χ2v) is 5.69. The lowest BCUT2D eigenvalue weighted by Crippen LogP contribution is -2.60. The fraction of sp³-hybridized carbons (Fsp3) is 0.400. The number of phenolic OH excluding ortho intramolecular Hbond substituents is 3. The van der Waals surface area contributed by atoms with Crippen LogP contribution in [0.25, 0.3) is 11.0 Å². The molecule has 26 heavy (non-hydrogen) atoms. The number of aliphatic hydroxyl groups is 4. The number of rotatable bonds is 3. The third-order valence-corrected chi connectivity index (χ3v) is 4.04. The Morgan fingerprint density at radius 3 is 2.31 bits per heavy atom. The molecule has 5 unspecified atom stereocenters. The number of hydrogen-bond acceptors (Lipinski definition) is 11. The van der Waals surface area contributed by atoms with Gasteiger partial charge in [-0.2, -0.15) is 0 Å². The molecular formula is C15H16O11. The number of benzene rings is 1. The van der Waals surface area contributed by atoms with Gasteiger partial charge in [-0.1, -0.05) is 0 Å². The molecule has 142 valence electrons. The van der Waals surface area contributed by atoms with Crippen LogP contribution >= 0.6 is 0 Å². The van der Waals surface area contributed by atoms with Crippen LogP contribution in [0.1, 0.15) is 0 Å². The average Bonchev–Trinajstić information content (AvgIpc) is 2.63. The minimum Gasteiger partial charge on any atom is -0.502 e. The minimum atomic E-state index is -1.78. The van der Waals surface area contributed by atoms with Gasteiger partial charge in [0.1, 0.15) is 24.4 Å². The van der Waals surface area contributed by atoms with Gasteiger partial charge in [-0.15, -0.1) is 0 Å². The third kappa shape index (κ3) is 2.81. The van der Waals surface area contributed by atoms with E-state index >= 15 is 0 Å². The lowest BCUT2D eigenvalue weighted by atomic mass is 9.99. The van der Waals surface area contributed by atoms with Gasteiger partial charge in [0.05, 0.1) is 12.0 Å². The molecule has 11 nitrogen and oxygen atoms in total. The lowest BCUT2D eigenvalue weighted by Gasteiger charge is -2.39. The van der Waals surface area contributed by atoms with E-state index in [0.717, 1.165) is 12.1 Å². The van der Waals surface area contributed by atoms with Crippen LogP contribution in [0.2, 0.25) is 0 Å². The number of hydrogen-bond donors (Lipinski definition) is 7. The number of aliphatic hydroxyl groups excluding tert-OH is 4. The van der Waals surface area contributed by atoms with Crippen molar-refractivity contribution < 1.29 is 49.6 Å². The number of phenols is 3. The summed E-state index contributed by atoms with van der Waals surface area (Å²) in [5, 5.41) is 68.2. The SMILES string of the molecule is O=c1ccc2c(OC3OC(CO)C(O)C(O)C3O)c(O)c(O)c(O)c2o1. The smallest absolute Gasteiger partial charge is 0.336 e. The molecule has 0 saturated carbocycles. The van der Waals surface area contributed by atoms with Crippen molar-refractivity contribution in [1.82, 2.24) is 0 Å². The Morgan fingerprint density at radius 1 is 0.962 bits per heavy atom. The van der Waals surface area contributed by atoms with Crippen LogP contribution < -0.4 is 10.4 Å². The van der Waals surface area contributed by atoms with Gasteiger partial charge in [0.2, 0.25) is 23.5 Å². The Hall–Kier alpha value is -2.57. The summed E-state index contributed by atoms with van der Waals surface area (Å²) in [4.78, 5) is 11.3. The minimum absolute atomic E-state index is 0.144. The van der Waals surface area contributed by atoms with Crippen LogP contribution in [-0.4, -0.2) is 73.1 Å². The van der Waals surface area contributed by atoms with Gasteiger partial charge >= 0.3 is 5.63 Å². The predicted octanol–water partition coefficient (Wildman–Crippen LogP) is -1.91. The number of aromatic hydroxyl groups is 3. The highest BCUT2D eigenvalue weighted by molar-refractivity contribution is 5.94. The van der Waals surface area contributed by atoms with Gasteiger partial charge in [0, 0.05) is 6.07 Å². The monoisotopic (exact) mass is 372 g/mol. The molecule has 0 bridgehead atoms. The first kappa shape index (κ1) is 18.2. The quantitative estimate of drug-likeness (QED) is 0.235. The summed E-state index contributed by atoms with van der Waals surface area (Å²) in [7, 11) is 0. The van der Waals surface area contributed by atoms with Gasteiger partial charge < -0.3 is 49.6 Å². The molecule has 1 saturated heterocycles. The van der Waals surface area contributed by atoms with Crippen LogP contribution in [0.4, 0.5) is 0 Å². The molecule has 1 fully saturated rings. The highest BCUT2D eigenvalue weighted by Crippen LogP contribution is 2.49. The largest absolute Gasteiger partial charge is 0.502 e. The number of fused-ring (bicyclic) bond motifs is 1. The van der Waals surface area contributed by atoms with Crippen molar-refractivity contribution in [3.05, 3.63) is 22.6 Å². The Bertz CT molecular complexity index is 874. The average molecular weight is 372 g/mol. The molecule has 2 heterocycles. The van der Waals surface area contributed by atoms with E-state index < -0.39 is 71.5 Å². The first-order valence-electron chi connectivity index (χ1n) is 7.44. The molecule has 0 aliphatic carbocycles. The third-order valence-electron chi connectivity index (χ3n) is 4.04. The van der Waals surface area contributed by atoms with Gasteiger partial charge in [-0.3, -0.25) is 0 Å². The first-order chi connectivity index (χ1) is 12.3. The molecule has 11 heteroatoms. The van der Waals surface area contributed by atoms with E-state index in [4.69, 9.17) is 13.9 Å². The molecular weight excluding hydrogens is 356 g/mol. The topological polar surface area (TPSA) is 190 Å². The van der Waals surface area contributed by atoms with E-state index in [1.54, 1.807) is 0 Å². The van der Waals surface area contributed by atoms with Crippen molar-refractivity contribution in [1.29, 1.82) is 0 Å². The van der Waals surface area contributed by atoms with Crippen LogP contribution in [0.5, 0.6) is 23.0 Å². The van der Waals surface area contributed by atoms with Crippen molar-refractivity contribution in [2.45, 2.75) is 30.7 Å². The fourth-order valence-corrected chi connectivity index (χ4v) is 2.63. The summed E-state index contributed by atoms with van der Waals surface area (Å²) in [5.41, 5.74) is -1.34. The van der Waals surface area contributed by atoms with Gasteiger partial charge in [-0.25, -0.2) is 4.79 Å². The molecule has 1 aliphatic heterocycles. The molecule has 1 aromatic heterocycles. The summed E-state index contributed by atoms with van der Waals surface area (Å²) in [5.74, 6) is -3.42. The zero-order chi connectivity index (χ0) is 19.2. The lowest BCUT2D eigenvalue weighted by molar-refractivity contribution is -0.277. The summed E-state index contributed by atoms with van der Waals surface area (Å²) < 4.78 is 15.2. The maximum atomic E-state index is 11.3. The molecule has 5 atom stereocenters. The highest BCUT2D eigenvalue weighted by Gasteiger charge is 2.45. The van der Waals surface area contributed by atoms with Gasteiger partial charge in [-0.05, 0) is 6.07 Å². The summed E-state index contributed by atoms with van der Waals surface area (Å²) in [6, 6.07) is 2.08. The first-order valence-corrected chi connectivity index (χ1v) is 7.44. The van der Waals surface area contributed by atoms with Crippen LogP contribution in [-0.2, 0) is 4.74 Å². The molecule has 1 aliphatic rings. The second kappa shape index (κ2) is 6.63. The standard InChI is InChI=1S/C15H16O11/c16-3-5-7(18)8(19)12(23)15(24-5)26-14-4-1-2-6(17)25-13(4)10(21)9(20)11(14)22/h1-2,5,7-8,12,15-16,18-23H,3H2. The van der Waals surface area contributed by atoms with E-state index in [2.05, 4.69) is 0 Å². The zero-order valence-corrected chi connectivity index (χ0v) is 13.0. The van der Waals surface area contributed by atoms with Crippen LogP contribution in [0.15, 0.2) is 21.3 Å². The molecule has 7 N–H and O–H groups in total. The Kier molecular flexibility index (Phi) is 4.64. The Morgan fingerprint density at radius 2 is 1.65 bits per heavy atom. The normalized spacial score (nSPS) is 29.0.